The summed E-state index contributed by atoms with van der Waals surface area (Å²) < 4.78 is 35.1. The summed E-state index contributed by atoms with van der Waals surface area (Å²) in [7, 11) is 0. The molecule has 0 bridgehead atoms. The van der Waals surface area contributed by atoms with Crippen LogP contribution < -0.4 is 0 Å². The molecule has 22 heavy (non-hydrogen) atoms. The smallest absolute Gasteiger partial charge is 0.359 e. The molecule has 6 nitrogen and oxygen atoms in total. The van der Waals surface area contributed by atoms with Crippen LogP contribution in [0.3, 0.4) is 0 Å². The number of ether oxygens (including phenoxy) is 1. The van der Waals surface area contributed by atoms with Crippen LogP contribution >= 0.6 is 0 Å². The largest absolute Gasteiger partial charge is 0.461 e. The number of rotatable bonds is 3. The first-order chi connectivity index (χ1) is 10.6. The lowest BCUT2D eigenvalue weighted by molar-refractivity contribution is -0.0239. The maximum absolute atomic E-state index is 14.5. The van der Waals surface area contributed by atoms with Gasteiger partial charge in [-0.25, -0.2) is 23.2 Å². The second-order valence-electron chi connectivity index (χ2n) is 5.38. The van der Waals surface area contributed by atoms with Crippen molar-refractivity contribution in [3.8, 4) is 5.82 Å². The van der Waals surface area contributed by atoms with E-state index < -0.39 is 17.8 Å². The van der Waals surface area contributed by atoms with Crippen molar-refractivity contribution in [2.75, 3.05) is 6.61 Å². The van der Waals surface area contributed by atoms with Crippen molar-refractivity contribution < 1.29 is 18.3 Å². The van der Waals surface area contributed by atoms with E-state index in [2.05, 4.69) is 15.1 Å². The highest BCUT2D eigenvalue weighted by Crippen LogP contribution is 2.67. The fourth-order valence-corrected chi connectivity index (χ4v) is 3.10. The van der Waals surface area contributed by atoms with Crippen molar-refractivity contribution in [3.05, 3.63) is 35.5 Å². The molecule has 8 heteroatoms. The Morgan fingerprint density at radius 3 is 3.00 bits per heavy atom. The highest BCUT2D eigenvalue weighted by molar-refractivity contribution is 5.90. The van der Waals surface area contributed by atoms with Crippen LogP contribution in [0.15, 0.2) is 18.6 Å². The minimum atomic E-state index is -3.05. The molecule has 2 aliphatic carbocycles. The monoisotopic (exact) mass is 306 g/mol. The van der Waals surface area contributed by atoms with Gasteiger partial charge >= 0.3 is 5.97 Å². The van der Waals surface area contributed by atoms with Crippen molar-refractivity contribution in [1.29, 1.82) is 0 Å². The van der Waals surface area contributed by atoms with Crippen LogP contribution in [0.1, 0.15) is 41.0 Å². The fourth-order valence-electron chi connectivity index (χ4n) is 3.10. The topological polar surface area (TPSA) is 69.9 Å². The van der Waals surface area contributed by atoms with Crippen LogP contribution in [0.4, 0.5) is 8.78 Å². The Morgan fingerprint density at radius 1 is 1.50 bits per heavy atom. The SMILES string of the molecule is CCOC(=O)c1nn(-c2cnccn2)c2c1C(F)(F)[C@@H]1C[C@H]21. The molecule has 2 aromatic rings. The first kappa shape index (κ1) is 13.3. The van der Waals surface area contributed by atoms with Gasteiger partial charge < -0.3 is 4.74 Å². The van der Waals surface area contributed by atoms with E-state index in [0.29, 0.717) is 17.9 Å². The Hall–Kier alpha value is -2.38. The molecule has 0 aliphatic heterocycles. The molecular weight excluding hydrogens is 294 g/mol. The van der Waals surface area contributed by atoms with E-state index in [-0.39, 0.29) is 23.8 Å². The van der Waals surface area contributed by atoms with Crippen LogP contribution in [0, 0.1) is 5.92 Å². The number of hydrogen-bond acceptors (Lipinski definition) is 5. The molecule has 114 valence electrons. The lowest BCUT2D eigenvalue weighted by atomic mass is 10.1. The lowest BCUT2D eigenvalue weighted by Crippen LogP contribution is -2.18. The zero-order valence-electron chi connectivity index (χ0n) is 11.7. The summed E-state index contributed by atoms with van der Waals surface area (Å²) in [5, 5.41) is 4.05. The molecule has 1 saturated carbocycles. The first-order valence-electron chi connectivity index (χ1n) is 7.00. The number of aromatic nitrogens is 4. The highest BCUT2D eigenvalue weighted by Gasteiger charge is 2.67. The second kappa shape index (κ2) is 4.31. The van der Waals surface area contributed by atoms with E-state index in [9.17, 15) is 13.6 Å². The van der Waals surface area contributed by atoms with Crippen molar-refractivity contribution in [2.24, 2.45) is 5.92 Å². The van der Waals surface area contributed by atoms with Gasteiger partial charge in [-0.15, -0.1) is 0 Å². The molecular formula is C14H12F2N4O2. The van der Waals surface area contributed by atoms with E-state index >= 15 is 0 Å². The molecule has 0 aromatic carbocycles. The number of hydrogen-bond donors (Lipinski definition) is 0. The third-order valence-electron chi connectivity index (χ3n) is 4.10. The Bertz CT molecular complexity index is 760. The molecule has 1 fully saturated rings. The predicted octanol–water partition coefficient (Wildman–Crippen LogP) is 2.05. The van der Waals surface area contributed by atoms with Crippen LogP contribution in [0.5, 0.6) is 0 Å². The van der Waals surface area contributed by atoms with Crippen molar-refractivity contribution >= 4 is 5.97 Å². The summed E-state index contributed by atoms with van der Waals surface area (Å²) in [6.45, 7) is 1.72. The number of fused-ring (bicyclic) bond motifs is 3. The standard InChI is InChI=1S/C14H12F2N4O2/c1-2-22-13(21)11-10-12(7-5-8(7)14(10,15)16)20(19-11)9-6-17-3-4-18-9/h3-4,6-8H,2,5H2,1H3/t7-,8+/m0/s1. The molecule has 0 N–H and O–H groups in total. The third kappa shape index (κ3) is 1.63. The Balaban J connectivity index is 1.92. The summed E-state index contributed by atoms with van der Waals surface area (Å²) in [6, 6.07) is 0. The number of nitrogens with zero attached hydrogens (tertiary/aromatic N) is 4. The van der Waals surface area contributed by atoms with Gasteiger partial charge in [0.1, 0.15) is 0 Å². The fraction of sp³-hybridized carbons (Fsp3) is 0.429. The lowest BCUT2D eigenvalue weighted by Gasteiger charge is -2.12. The quantitative estimate of drug-likeness (QED) is 0.812. The van der Waals surface area contributed by atoms with E-state index in [1.807, 2.05) is 0 Å². The average molecular weight is 306 g/mol. The second-order valence-corrected chi connectivity index (χ2v) is 5.38. The van der Waals surface area contributed by atoms with Gasteiger partial charge in [0.25, 0.3) is 5.92 Å². The summed E-state index contributed by atoms with van der Waals surface area (Å²) in [6.07, 6.45) is 4.75. The van der Waals surface area contributed by atoms with E-state index in [0.717, 1.165) is 0 Å². The molecule has 2 aliphatic rings. The van der Waals surface area contributed by atoms with Gasteiger partial charge in [-0.2, -0.15) is 5.10 Å². The Kier molecular flexibility index (Phi) is 2.60. The summed E-state index contributed by atoms with van der Waals surface area (Å²) in [5.41, 5.74) is -0.267. The zero-order valence-corrected chi connectivity index (χ0v) is 11.7. The Morgan fingerprint density at radius 2 is 2.32 bits per heavy atom. The molecule has 0 saturated heterocycles. The summed E-state index contributed by atoms with van der Waals surface area (Å²) in [4.78, 5) is 20.0. The van der Waals surface area contributed by atoms with Gasteiger partial charge in [-0.1, -0.05) is 0 Å². The van der Waals surface area contributed by atoms with Gasteiger partial charge in [0.05, 0.1) is 24.1 Å². The molecule has 2 heterocycles. The van der Waals surface area contributed by atoms with Gasteiger partial charge in [0, 0.05) is 24.2 Å². The van der Waals surface area contributed by atoms with Crippen LogP contribution in [-0.4, -0.2) is 32.3 Å². The van der Waals surface area contributed by atoms with Crippen LogP contribution in [-0.2, 0) is 10.7 Å². The molecule has 2 atom stereocenters. The van der Waals surface area contributed by atoms with E-state index in [1.165, 1.54) is 23.3 Å². The molecule has 4 rings (SSSR count). The molecule has 2 aromatic heterocycles. The number of alkyl halides is 2. The van der Waals surface area contributed by atoms with Crippen molar-refractivity contribution in [3.63, 3.8) is 0 Å². The minimum absolute atomic E-state index is 0.101. The zero-order chi connectivity index (χ0) is 15.5. The minimum Gasteiger partial charge on any atom is -0.461 e. The average Bonchev–Trinajstić information content (AvgIpc) is 3.15. The van der Waals surface area contributed by atoms with Crippen molar-refractivity contribution in [1.82, 2.24) is 19.7 Å². The molecule has 0 unspecified atom stereocenters. The van der Waals surface area contributed by atoms with Gasteiger partial charge in [-0.05, 0) is 13.3 Å². The van der Waals surface area contributed by atoms with Gasteiger partial charge in [0.15, 0.2) is 11.5 Å². The highest BCUT2D eigenvalue weighted by atomic mass is 19.3. The predicted molar refractivity (Wildman–Crippen MR) is 69.9 cm³/mol. The van der Waals surface area contributed by atoms with E-state index in [4.69, 9.17) is 4.74 Å². The van der Waals surface area contributed by atoms with Gasteiger partial charge in [-0.3, -0.25) is 4.98 Å². The third-order valence-corrected chi connectivity index (χ3v) is 4.10. The molecule has 0 amide bonds. The normalized spacial score (nSPS) is 23.8. The first-order valence-corrected chi connectivity index (χ1v) is 7.00. The maximum Gasteiger partial charge on any atom is 0.359 e. The van der Waals surface area contributed by atoms with Crippen molar-refractivity contribution in [2.45, 2.75) is 25.2 Å². The summed E-state index contributed by atoms with van der Waals surface area (Å²) in [5.74, 6) is -4.61. The Labute approximate surface area is 124 Å². The van der Waals surface area contributed by atoms with E-state index in [1.54, 1.807) is 6.92 Å². The number of carbonyl (C=O) groups excluding carboxylic acids is 1. The van der Waals surface area contributed by atoms with Crippen LogP contribution in [0.2, 0.25) is 0 Å². The molecule has 0 radical (unpaired) electrons. The summed E-state index contributed by atoms with van der Waals surface area (Å²) >= 11 is 0. The van der Waals surface area contributed by atoms with Crippen LogP contribution in [0.25, 0.3) is 5.82 Å². The van der Waals surface area contributed by atoms with Gasteiger partial charge in [0.2, 0.25) is 0 Å². The number of carbonyl (C=O) groups is 1. The molecule has 0 spiro atoms. The number of esters is 1. The number of halogens is 2. The maximum atomic E-state index is 14.5.